The van der Waals surface area contributed by atoms with Crippen LogP contribution in [0.2, 0.25) is 0 Å². The normalized spacial score (nSPS) is 10.0. The molecule has 0 unspecified atom stereocenters. The monoisotopic (exact) mass is 408 g/mol. The van der Waals surface area contributed by atoms with Crippen molar-refractivity contribution in [3.63, 3.8) is 0 Å². The molecule has 0 bridgehead atoms. The van der Waals surface area contributed by atoms with E-state index >= 15 is 0 Å². The maximum atomic E-state index is 11.4. The molecule has 5 N–H and O–H groups in total. The van der Waals surface area contributed by atoms with Gasteiger partial charge in [0.05, 0.1) is 11.1 Å². The minimum atomic E-state index is -0.941. The summed E-state index contributed by atoms with van der Waals surface area (Å²) < 4.78 is 0. The number of aromatic nitrogens is 1. The molecule has 2 amide bonds. The van der Waals surface area contributed by atoms with Crippen molar-refractivity contribution >= 4 is 28.7 Å². The molecule has 0 atom stereocenters. The molecule has 0 aliphatic rings. The Morgan fingerprint density at radius 1 is 1.00 bits per heavy atom. The number of hydrogen-bond donors (Lipinski definition) is 4. The van der Waals surface area contributed by atoms with Crippen LogP contribution in [0.25, 0.3) is 10.9 Å². The largest absolute Gasteiger partial charge is 0.478 e. The molecule has 158 valence electrons. The molecule has 1 aromatic heterocycles. The van der Waals surface area contributed by atoms with Crippen molar-refractivity contribution < 1.29 is 14.7 Å². The van der Waals surface area contributed by atoms with E-state index in [0.29, 0.717) is 17.9 Å². The van der Waals surface area contributed by atoms with E-state index in [9.17, 15) is 9.59 Å². The van der Waals surface area contributed by atoms with Crippen LogP contribution in [-0.2, 0) is 6.54 Å². The minimum Gasteiger partial charge on any atom is -0.478 e. The summed E-state index contributed by atoms with van der Waals surface area (Å²) >= 11 is 0. The number of rotatable bonds is 7. The number of fused-ring (bicyclic) bond motifs is 1. The van der Waals surface area contributed by atoms with Gasteiger partial charge in [-0.2, -0.15) is 0 Å². The third-order valence-electron chi connectivity index (χ3n) is 4.32. The SMILES string of the molecule is CCCCCNC(=O)NCc1ccccc1.Nc1ccc2cc(C(=O)O)ccc2n1. The molecular weight excluding hydrogens is 380 g/mol. The molecule has 2 aromatic carbocycles. The number of nitrogens with two attached hydrogens (primary N) is 1. The number of carbonyl (C=O) groups is 2. The second-order valence-electron chi connectivity index (χ2n) is 6.75. The second-order valence-corrected chi connectivity index (χ2v) is 6.75. The van der Waals surface area contributed by atoms with Gasteiger partial charge in [0.2, 0.25) is 0 Å². The number of unbranched alkanes of at least 4 members (excludes halogenated alkanes) is 2. The van der Waals surface area contributed by atoms with E-state index in [4.69, 9.17) is 10.8 Å². The first kappa shape index (κ1) is 22.7. The molecule has 1 heterocycles. The molecule has 3 rings (SSSR count). The molecule has 0 saturated carbocycles. The molecule has 30 heavy (non-hydrogen) atoms. The lowest BCUT2D eigenvalue weighted by atomic mass is 10.1. The topological polar surface area (TPSA) is 117 Å². The lowest BCUT2D eigenvalue weighted by molar-refractivity contribution is 0.0697. The Morgan fingerprint density at radius 2 is 1.77 bits per heavy atom. The number of urea groups is 1. The number of nitrogens with zero attached hydrogens (tertiary/aromatic N) is 1. The summed E-state index contributed by atoms with van der Waals surface area (Å²) in [4.78, 5) is 26.1. The van der Waals surface area contributed by atoms with Crippen molar-refractivity contribution in [1.82, 2.24) is 15.6 Å². The first-order valence-corrected chi connectivity index (χ1v) is 9.94. The number of anilines is 1. The van der Waals surface area contributed by atoms with Gasteiger partial charge in [0, 0.05) is 18.5 Å². The molecule has 0 spiro atoms. The maximum absolute atomic E-state index is 11.4. The van der Waals surface area contributed by atoms with Gasteiger partial charge in [-0.3, -0.25) is 0 Å². The van der Waals surface area contributed by atoms with Crippen molar-refractivity contribution in [2.24, 2.45) is 0 Å². The van der Waals surface area contributed by atoms with Gasteiger partial charge in [0.15, 0.2) is 0 Å². The Kier molecular flexibility index (Phi) is 9.12. The van der Waals surface area contributed by atoms with Gasteiger partial charge < -0.3 is 21.5 Å². The molecule has 0 radical (unpaired) electrons. The van der Waals surface area contributed by atoms with Crippen molar-refractivity contribution in [1.29, 1.82) is 0 Å². The third-order valence-corrected chi connectivity index (χ3v) is 4.32. The van der Waals surface area contributed by atoms with Crippen molar-refractivity contribution in [3.8, 4) is 0 Å². The highest BCUT2D eigenvalue weighted by atomic mass is 16.4. The van der Waals surface area contributed by atoms with Gasteiger partial charge >= 0.3 is 12.0 Å². The summed E-state index contributed by atoms with van der Waals surface area (Å²) in [5.74, 6) is -0.510. The fourth-order valence-corrected chi connectivity index (χ4v) is 2.69. The number of pyridine rings is 1. The zero-order chi connectivity index (χ0) is 21.8. The summed E-state index contributed by atoms with van der Waals surface area (Å²) in [6, 6.07) is 17.9. The van der Waals surface area contributed by atoms with Crippen LogP contribution in [0.5, 0.6) is 0 Å². The van der Waals surface area contributed by atoms with Crippen molar-refractivity contribution in [2.75, 3.05) is 12.3 Å². The fourth-order valence-electron chi connectivity index (χ4n) is 2.69. The van der Waals surface area contributed by atoms with Crippen LogP contribution < -0.4 is 16.4 Å². The number of carboxylic acids is 1. The van der Waals surface area contributed by atoms with Crippen molar-refractivity contribution in [2.45, 2.75) is 32.7 Å². The number of hydrogen-bond acceptors (Lipinski definition) is 4. The zero-order valence-electron chi connectivity index (χ0n) is 17.1. The smallest absolute Gasteiger partial charge is 0.335 e. The van der Waals surface area contributed by atoms with E-state index in [0.717, 1.165) is 23.9 Å². The van der Waals surface area contributed by atoms with E-state index < -0.39 is 5.97 Å². The highest BCUT2D eigenvalue weighted by Gasteiger charge is 2.03. The summed E-state index contributed by atoms with van der Waals surface area (Å²) in [7, 11) is 0. The molecule has 0 saturated heterocycles. The minimum absolute atomic E-state index is 0.0834. The first-order valence-electron chi connectivity index (χ1n) is 9.94. The van der Waals surface area contributed by atoms with E-state index in [1.807, 2.05) is 30.3 Å². The second kappa shape index (κ2) is 12.1. The van der Waals surface area contributed by atoms with Gasteiger partial charge in [-0.1, -0.05) is 50.1 Å². The number of nitrogens with one attached hydrogen (secondary N) is 2. The third kappa shape index (κ3) is 7.79. The number of amides is 2. The highest BCUT2D eigenvalue weighted by molar-refractivity contribution is 5.93. The molecule has 7 nitrogen and oxygen atoms in total. The zero-order valence-corrected chi connectivity index (χ0v) is 17.1. The van der Waals surface area contributed by atoms with E-state index in [1.54, 1.807) is 24.3 Å². The first-order chi connectivity index (χ1) is 14.5. The van der Waals surface area contributed by atoms with Gasteiger partial charge in [0.25, 0.3) is 0 Å². The number of nitrogen functional groups attached to an aromatic ring is 1. The van der Waals surface area contributed by atoms with Gasteiger partial charge in [-0.05, 0) is 42.3 Å². The number of carbonyl (C=O) groups excluding carboxylic acids is 1. The van der Waals surface area contributed by atoms with Crippen molar-refractivity contribution in [3.05, 3.63) is 71.8 Å². The summed E-state index contributed by atoms with van der Waals surface area (Å²) in [5, 5.41) is 15.2. The fraction of sp³-hybridized carbons (Fsp3) is 0.261. The van der Waals surface area contributed by atoms with E-state index in [2.05, 4.69) is 22.5 Å². The van der Waals surface area contributed by atoms with E-state index in [1.165, 1.54) is 18.9 Å². The Balaban J connectivity index is 0.000000215. The Bertz CT molecular complexity index is 961. The lowest BCUT2D eigenvalue weighted by Crippen LogP contribution is -2.35. The molecule has 0 aliphatic carbocycles. The molecule has 7 heteroatoms. The number of benzene rings is 2. The Hall–Kier alpha value is -3.61. The molecule has 3 aromatic rings. The van der Waals surface area contributed by atoms with Crippen LogP contribution in [-0.4, -0.2) is 28.6 Å². The van der Waals surface area contributed by atoms with Gasteiger partial charge in [-0.25, -0.2) is 14.6 Å². The van der Waals surface area contributed by atoms with Gasteiger partial charge in [0.1, 0.15) is 5.82 Å². The summed E-state index contributed by atoms with van der Waals surface area (Å²) in [6.45, 7) is 3.49. The van der Waals surface area contributed by atoms with Crippen LogP contribution in [0, 0.1) is 0 Å². The van der Waals surface area contributed by atoms with Gasteiger partial charge in [-0.15, -0.1) is 0 Å². The quantitative estimate of drug-likeness (QED) is 0.437. The van der Waals surface area contributed by atoms with E-state index in [-0.39, 0.29) is 11.6 Å². The van der Waals surface area contributed by atoms with Crippen LogP contribution in [0.4, 0.5) is 10.6 Å². The number of carboxylic acid groups (broad SMARTS) is 1. The Morgan fingerprint density at radius 3 is 2.47 bits per heavy atom. The average molecular weight is 409 g/mol. The Labute approximate surface area is 176 Å². The van der Waals surface area contributed by atoms with Crippen LogP contribution in [0.15, 0.2) is 60.7 Å². The summed E-state index contributed by atoms with van der Waals surface area (Å²) in [6.07, 6.45) is 3.39. The molecular formula is C23H28N4O3. The van der Waals surface area contributed by atoms with Crippen LogP contribution in [0.3, 0.4) is 0 Å². The lowest BCUT2D eigenvalue weighted by Gasteiger charge is -2.07. The predicted octanol–water partition coefficient (Wildman–Crippen LogP) is 4.19. The standard InChI is InChI=1S/C13H20N2O.C10H8N2O2/c1-2-3-7-10-14-13(16)15-11-12-8-5-4-6-9-12;11-9-4-2-6-5-7(10(13)14)1-3-8(6)12-9/h4-6,8-9H,2-3,7,10-11H2,1H3,(H2,14,15,16);1-5H,(H2,11,12)(H,13,14). The average Bonchev–Trinajstić information content (AvgIpc) is 2.76. The number of aromatic carboxylic acids is 1. The molecule has 0 aliphatic heterocycles. The maximum Gasteiger partial charge on any atom is 0.335 e. The molecule has 0 fully saturated rings. The van der Waals surface area contributed by atoms with Crippen LogP contribution in [0.1, 0.15) is 42.1 Å². The summed E-state index contributed by atoms with van der Waals surface area (Å²) in [5.41, 5.74) is 7.57. The van der Waals surface area contributed by atoms with Crippen LogP contribution >= 0.6 is 0 Å². The highest BCUT2D eigenvalue weighted by Crippen LogP contribution is 2.15. The predicted molar refractivity (Wildman–Crippen MR) is 119 cm³/mol.